The third kappa shape index (κ3) is 5.17. The molecule has 2 aromatic rings. The number of anilines is 1. The quantitative estimate of drug-likeness (QED) is 0.798. The maximum Gasteiger partial charge on any atom is 0.228 e. The van der Waals surface area contributed by atoms with Crippen molar-refractivity contribution in [3.05, 3.63) is 53.1 Å². The van der Waals surface area contributed by atoms with Crippen molar-refractivity contribution >= 4 is 23.2 Å². The van der Waals surface area contributed by atoms with E-state index in [1.54, 1.807) is 18.2 Å². The zero-order chi connectivity index (χ0) is 17.5. The van der Waals surface area contributed by atoms with Crippen LogP contribution < -0.4 is 14.8 Å². The van der Waals surface area contributed by atoms with Crippen LogP contribution in [0.4, 0.5) is 5.69 Å². The van der Waals surface area contributed by atoms with Gasteiger partial charge in [0.2, 0.25) is 5.91 Å². The number of para-hydroxylation sites is 1. The van der Waals surface area contributed by atoms with Crippen LogP contribution in [0.25, 0.3) is 0 Å². The maximum atomic E-state index is 12.2. The van der Waals surface area contributed by atoms with Gasteiger partial charge in [-0.25, -0.2) is 0 Å². The molecule has 1 N–H and O–H groups in total. The van der Waals surface area contributed by atoms with Crippen molar-refractivity contribution in [3.8, 4) is 11.5 Å². The normalized spacial score (nSPS) is 10.5. The van der Waals surface area contributed by atoms with Crippen LogP contribution in [0.1, 0.15) is 19.4 Å². The number of carbonyl (C=O) groups excluding carboxylic acids is 1. The minimum Gasteiger partial charge on any atom is -0.493 e. The molecule has 2 rings (SSSR count). The molecule has 0 heterocycles. The van der Waals surface area contributed by atoms with Crippen molar-refractivity contribution in [2.24, 2.45) is 5.92 Å². The van der Waals surface area contributed by atoms with Crippen molar-refractivity contribution in [3.63, 3.8) is 0 Å². The number of ether oxygens (including phenoxy) is 2. The standard InChI is InChI=1S/C19H22ClNO3/c1-13(2)12-24-15-9-7-14(8-10-15)11-18(22)21-17-6-4-5-16(20)19(17)23-3/h4-10,13H,11-12H2,1-3H3,(H,21,22). The van der Waals surface area contributed by atoms with E-state index in [0.717, 1.165) is 11.3 Å². The van der Waals surface area contributed by atoms with Crippen LogP contribution in [-0.4, -0.2) is 19.6 Å². The zero-order valence-electron chi connectivity index (χ0n) is 14.1. The molecule has 0 saturated heterocycles. The van der Waals surface area contributed by atoms with Gasteiger partial charge in [-0.1, -0.05) is 43.6 Å². The highest BCUT2D eigenvalue weighted by molar-refractivity contribution is 6.32. The molecule has 4 nitrogen and oxygen atoms in total. The Balaban J connectivity index is 1.96. The third-order valence-electron chi connectivity index (χ3n) is 3.32. The lowest BCUT2D eigenvalue weighted by atomic mass is 10.1. The molecule has 0 fully saturated rings. The predicted molar refractivity (Wildman–Crippen MR) is 97.1 cm³/mol. The van der Waals surface area contributed by atoms with E-state index >= 15 is 0 Å². The number of benzene rings is 2. The summed E-state index contributed by atoms with van der Waals surface area (Å²) in [5.41, 5.74) is 1.47. The summed E-state index contributed by atoms with van der Waals surface area (Å²) in [5, 5.41) is 3.29. The second-order valence-corrected chi connectivity index (χ2v) is 6.30. The van der Waals surface area contributed by atoms with E-state index in [0.29, 0.717) is 29.0 Å². The average molecular weight is 348 g/mol. The molecule has 0 aromatic heterocycles. The Morgan fingerprint density at radius 2 is 1.88 bits per heavy atom. The molecule has 0 aliphatic carbocycles. The first-order valence-electron chi connectivity index (χ1n) is 7.83. The predicted octanol–water partition coefficient (Wildman–Crippen LogP) is 4.56. The number of hydrogen-bond donors (Lipinski definition) is 1. The van der Waals surface area contributed by atoms with Gasteiger partial charge < -0.3 is 14.8 Å². The fraction of sp³-hybridized carbons (Fsp3) is 0.316. The van der Waals surface area contributed by atoms with Crippen LogP contribution in [0.2, 0.25) is 5.02 Å². The molecule has 0 spiro atoms. The van der Waals surface area contributed by atoms with E-state index < -0.39 is 0 Å². The summed E-state index contributed by atoms with van der Waals surface area (Å²) in [6.07, 6.45) is 0.264. The first kappa shape index (κ1) is 18.1. The summed E-state index contributed by atoms with van der Waals surface area (Å²) in [5.74, 6) is 1.61. The molecule has 0 aliphatic rings. The molecule has 0 saturated carbocycles. The molecule has 2 aromatic carbocycles. The number of rotatable bonds is 7. The van der Waals surface area contributed by atoms with E-state index in [4.69, 9.17) is 21.1 Å². The molecule has 1 amide bonds. The Labute approximate surface area is 147 Å². The Morgan fingerprint density at radius 3 is 2.50 bits per heavy atom. The van der Waals surface area contributed by atoms with Crippen molar-refractivity contribution < 1.29 is 14.3 Å². The third-order valence-corrected chi connectivity index (χ3v) is 3.61. The molecule has 0 bridgehead atoms. The summed E-state index contributed by atoms with van der Waals surface area (Å²) >= 11 is 6.05. The van der Waals surface area contributed by atoms with E-state index in [1.807, 2.05) is 24.3 Å². The van der Waals surface area contributed by atoms with Gasteiger partial charge in [0.15, 0.2) is 5.75 Å². The molecule has 0 aliphatic heterocycles. The van der Waals surface area contributed by atoms with Crippen LogP contribution in [0.5, 0.6) is 11.5 Å². The van der Waals surface area contributed by atoms with Gasteiger partial charge >= 0.3 is 0 Å². The second kappa shape index (κ2) is 8.60. The smallest absolute Gasteiger partial charge is 0.228 e. The average Bonchev–Trinajstić information content (AvgIpc) is 2.54. The highest BCUT2D eigenvalue weighted by atomic mass is 35.5. The fourth-order valence-electron chi connectivity index (χ4n) is 2.16. The minimum absolute atomic E-state index is 0.133. The number of amides is 1. The first-order valence-corrected chi connectivity index (χ1v) is 8.21. The van der Waals surface area contributed by atoms with E-state index in [2.05, 4.69) is 19.2 Å². The van der Waals surface area contributed by atoms with Gasteiger partial charge in [-0.05, 0) is 35.7 Å². The molecule has 0 unspecified atom stereocenters. The number of carbonyl (C=O) groups is 1. The van der Waals surface area contributed by atoms with E-state index in [-0.39, 0.29) is 12.3 Å². The number of hydrogen-bond acceptors (Lipinski definition) is 3. The maximum absolute atomic E-state index is 12.2. The highest BCUT2D eigenvalue weighted by Crippen LogP contribution is 2.32. The topological polar surface area (TPSA) is 47.6 Å². The SMILES string of the molecule is COc1c(Cl)cccc1NC(=O)Cc1ccc(OCC(C)C)cc1. The van der Waals surface area contributed by atoms with Crippen LogP contribution in [-0.2, 0) is 11.2 Å². The molecule has 0 atom stereocenters. The molecule has 5 heteroatoms. The lowest BCUT2D eigenvalue weighted by Gasteiger charge is -2.12. The summed E-state index contributed by atoms with van der Waals surface area (Å²) in [6.45, 7) is 4.88. The Kier molecular flexibility index (Phi) is 6.50. The monoisotopic (exact) mass is 347 g/mol. The molecule has 24 heavy (non-hydrogen) atoms. The van der Waals surface area contributed by atoms with Crippen LogP contribution in [0.15, 0.2) is 42.5 Å². The Bertz CT molecular complexity index is 684. The lowest BCUT2D eigenvalue weighted by Crippen LogP contribution is -2.15. The van der Waals surface area contributed by atoms with Gasteiger partial charge in [-0.3, -0.25) is 4.79 Å². The molecular weight excluding hydrogens is 326 g/mol. The number of nitrogens with one attached hydrogen (secondary N) is 1. The summed E-state index contributed by atoms with van der Waals surface area (Å²) in [6, 6.07) is 12.8. The van der Waals surface area contributed by atoms with Crippen molar-refractivity contribution in [1.29, 1.82) is 0 Å². The van der Waals surface area contributed by atoms with Gasteiger partial charge in [0, 0.05) is 0 Å². The summed E-state index contributed by atoms with van der Waals surface area (Å²) in [7, 11) is 1.52. The van der Waals surface area contributed by atoms with Gasteiger partial charge in [0.05, 0.1) is 30.8 Å². The summed E-state index contributed by atoms with van der Waals surface area (Å²) < 4.78 is 10.9. The number of halogens is 1. The molecule has 0 radical (unpaired) electrons. The van der Waals surface area contributed by atoms with Crippen LogP contribution >= 0.6 is 11.6 Å². The Morgan fingerprint density at radius 1 is 1.17 bits per heavy atom. The fourth-order valence-corrected chi connectivity index (χ4v) is 2.41. The molecule has 128 valence electrons. The molecular formula is C19H22ClNO3. The second-order valence-electron chi connectivity index (χ2n) is 5.89. The minimum atomic E-state index is -0.133. The van der Waals surface area contributed by atoms with Gasteiger partial charge in [0.25, 0.3) is 0 Å². The van der Waals surface area contributed by atoms with Crippen molar-refractivity contribution in [2.45, 2.75) is 20.3 Å². The summed E-state index contributed by atoms with van der Waals surface area (Å²) in [4.78, 5) is 12.2. The van der Waals surface area contributed by atoms with Gasteiger partial charge in [0.1, 0.15) is 5.75 Å². The van der Waals surface area contributed by atoms with Crippen LogP contribution in [0.3, 0.4) is 0 Å². The van der Waals surface area contributed by atoms with Gasteiger partial charge in [-0.2, -0.15) is 0 Å². The highest BCUT2D eigenvalue weighted by Gasteiger charge is 2.11. The number of methoxy groups -OCH3 is 1. The van der Waals surface area contributed by atoms with Crippen molar-refractivity contribution in [1.82, 2.24) is 0 Å². The first-order chi connectivity index (χ1) is 11.5. The Hall–Kier alpha value is -2.20. The van der Waals surface area contributed by atoms with E-state index in [9.17, 15) is 4.79 Å². The van der Waals surface area contributed by atoms with Crippen molar-refractivity contribution in [2.75, 3.05) is 19.0 Å². The largest absolute Gasteiger partial charge is 0.493 e. The lowest BCUT2D eigenvalue weighted by molar-refractivity contribution is -0.115. The zero-order valence-corrected chi connectivity index (χ0v) is 14.9. The van der Waals surface area contributed by atoms with E-state index in [1.165, 1.54) is 7.11 Å². The van der Waals surface area contributed by atoms with Gasteiger partial charge in [-0.15, -0.1) is 0 Å². The van der Waals surface area contributed by atoms with Crippen LogP contribution in [0, 0.1) is 5.92 Å².